The van der Waals surface area contributed by atoms with Crippen molar-refractivity contribution in [3.8, 4) is 0 Å². The number of aryl methyl sites for hydroxylation is 1. The molecule has 0 radical (unpaired) electrons. The van der Waals surface area contributed by atoms with Crippen LogP contribution in [0.1, 0.15) is 18.9 Å². The van der Waals surface area contributed by atoms with E-state index in [2.05, 4.69) is 73.7 Å². The van der Waals surface area contributed by atoms with Crippen LogP contribution < -0.4 is 10.6 Å². The highest BCUT2D eigenvalue weighted by atomic mass is 31.2. The van der Waals surface area contributed by atoms with Gasteiger partial charge in [0.05, 0.1) is 24.9 Å². The van der Waals surface area contributed by atoms with Gasteiger partial charge in [0.1, 0.15) is 5.30 Å². The molecule has 0 N–H and O–H groups in total. The molecule has 0 fully saturated rings. The van der Waals surface area contributed by atoms with Crippen molar-refractivity contribution in [1.29, 1.82) is 0 Å². The second kappa shape index (κ2) is 5.52. The first-order valence-electron chi connectivity index (χ1n) is 8.29. The Bertz CT molecular complexity index is 807. The Balaban J connectivity index is 2.07. The molecule has 0 aliphatic carbocycles. The van der Waals surface area contributed by atoms with Gasteiger partial charge < -0.3 is 0 Å². The Hall–Kier alpha value is -1.65. The molecule has 0 saturated carbocycles. The summed E-state index contributed by atoms with van der Waals surface area (Å²) in [7, 11) is -1.26. The molecule has 0 nitrogen and oxygen atoms in total. The lowest BCUT2D eigenvalue weighted by molar-refractivity contribution is 0.917. The van der Waals surface area contributed by atoms with Crippen molar-refractivity contribution in [3.63, 3.8) is 0 Å². The van der Waals surface area contributed by atoms with E-state index in [1.54, 1.807) is 16.2 Å². The number of rotatable bonds is 2. The molecule has 0 spiro atoms. The maximum absolute atomic E-state index is 2.40. The minimum absolute atomic E-state index is 1.24. The molecule has 3 aromatic carbocycles. The molecule has 0 bridgehead atoms. The summed E-state index contributed by atoms with van der Waals surface area (Å²) in [6.45, 7) is 2.40. The Labute approximate surface area is 133 Å². The number of fused-ring (bicyclic) bond motifs is 3. The minimum Gasteiger partial charge on any atom is -0.0620 e. The lowest BCUT2D eigenvalue weighted by Crippen LogP contribution is -2.33. The molecule has 4 rings (SSSR count). The lowest BCUT2D eigenvalue weighted by atomic mass is 10.0. The Kier molecular flexibility index (Phi) is 3.51. The van der Waals surface area contributed by atoms with Gasteiger partial charge in [0.15, 0.2) is 0 Å². The van der Waals surface area contributed by atoms with Gasteiger partial charge in [-0.25, -0.2) is 0 Å². The second-order valence-corrected chi connectivity index (χ2v) is 10.2. The van der Waals surface area contributed by atoms with Gasteiger partial charge in [0, 0.05) is 5.39 Å². The fourth-order valence-corrected chi connectivity index (χ4v) is 8.71. The van der Waals surface area contributed by atoms with E-state index in [9.17, 15) is 0 Å². The summed E-state index contributed by atoms with van der Waals surface area (Å²) in [5.74, 6) is 0. The summed E-state index contributed by atoms with van der Waals surface area (Å²) in [4.78, 5) is 0. The first kappa shape index (κ1) is 14.0. The summed E-state index contributed by atoms with van der Waals surface area (Å²) in [5.41, 5.74) is 1.60. The first-order valence-corrected chi connectivity index (χ1v) is 10.4. The monoisotopic (exact) mass is 305 g/mol. The predicted molar refractivity (Wildman–Crippen MR) is 100 cm³/mol. The van der Waals surface area contributed by atoms with Crippen molar-refractivity contribution in [1.82, 2.24) is 0 Å². The van der Waals surface area contributed by atoms with Gasteiger partial charge in [-0.1, -0.05) is 54.6 Å². The number of hydrogen-bond donors (Lipinski definition) is 0. The Morgan fingerprint density at radius 1 is 0.864 bits per heavy atom. The van der Waals surface area contributed by atoms with Crippen LogP contribution in [0.4, 0.5) is 0 Å². The minimum atomic E-state index is -1.26. The average Bonchev–Trinajstić information content (AvgIpc) is 2.61. The molecule has 1 unspecified atom stereocenters. The van der Waals surface area contributed by atoms with Crippen LogP contribution in [-0.4, -0.2) is 12.3 Å². The van der Waals surface area contributed by atoms with Gasteiger partial charge in [0.25, 0.3) is 0 Å². The van der Waals surface area contributed by atoms with Crippen LogP contribution in [0.15, 0.2) is 66.7 Å². The molecular weight excluding hydrogens is 283 g/mol. The van der Waals surface area contributed by atoms with E-state index < -0.39 is 7.26 Å². The predicted octanol–water partition coefficient (Wildman–Crippen LogP) is 4.77. The van der Waals surface area contributed by atoms with Crippen molar-refractivity contribution in [2.45, 2.75) is 19.8 Å². The van der Waals surface area contributed by atoms with E-state index in [1.807, 2.05) is 0 Å². The third-order valence-electron chi connectivity index (χ3n) is 5.19. The molecule has 0 saturated heterocycles. The smallest absolute Gasteiger partial charge is 0.0620 e. The second-order valence-electron chi connectivity index (χ2n) is 6.24. The summed E-state index contributed by atoms with van der Waals surface area (Å²) in [6.07, 6.45) is 5.23. The van der Waals surface area contributed by atoms with Crippen LogP contribution in [0, 0.1) is 0 Å². The third kappa shape index (κ3) is 2.02. The highest BCUT2D eigenvalue weighted by Gasteiger charge is 2.45. The third-order valence-corrected chi connectivity index (χ3v) is 10.0. The van der Waals surface area contributed by atoms with Crippen LogP contribution in [0.2, 0.25) is 0 Å². The van der Waals surface area contributed by atoms with E-state index in [1.165, 1.54) is 35.9 Å². The van der Waals surface area contributed by atoms with E-state index in [4.69, 9.17) is 0 Å². The van der Waals surface area contributed by atoms with Crippen LogP contribution in [-0.2, 0) is 6.42 Å². The molecular formula is C21H22P+. The molecule has 22 heavy (non-hydrogen) atoms. The van der Waals surface area contributed by atoms with Gasteiger partial charge in [-0.3, -0.25) is 0 Å². The molecule has 1 aliphatic rings. The molecule has 1 atom stereocenters. The zero-order valence-corrected chi connectivity index (χ0v) is 14.0. The fraction of sp³-hybridized carbons (Fsp3) is 0.238. The zero-order chi connectivity index (χ0) is 15.0. The van der Waals surface area contributed by atoms with E-state index in [0.717, 1.165) is 0 Å². The lowest BCUT2D eigenvalue weighted by Gasteiger charge is -2.32. The SMILES string of the molecule is CC[P+]1(c2ccccc2)CCCc2ccc3ccccc3c21. The molecule has 1 heterocycles. The van der Waals surface area contributed by atoms with Crippen molar-refractivity contribution < 1.29 is 0 Å². The molecule has 1 aliphatic heterocycles. The average molecular weight is 305 g/mol. The molecule has 3 aromatic rings. The van der Waals surface area contributed by atoms with Crippen LogP contribution >= 0.6 is 7.26 Å². The highest BCUT2D eigenvalue weighted by molar-refractivity contribution is 7.90. The Morgan fingerprint density at radius 3 is 2.45 bits per heavy atom. The molecule has 110 valence electrons. The topological polar surface area (TPSA) is 0 Å². The van der Waals surface area contributed by atoms with Crippen molar-refractivity contribution >= 4 is 28.6 Å². The molecule has 1 heteroatoms. The van der Waals surface area contributed by atoms with Gasteiger partial charge in [-0.15, -0.1) is 0 Å². The first-order chi connectivity index (χ1) is 10.8. The fourth-order valence-electron chi connectivity index (χ4n) is 4.13. The van der Waals surface area contributed by atoms with E-state index in [0.29, 0.717) is 0 Å². The Morgan fingerprint density at radius 2 is 1.64 bits per heavy atom. The summed E-state index contributed by atoms with van der Waals surface area (Å²) in [6, 6.07) is 25.0. The number of benzene rings is 3. The van der Waals surface area contributed by atoms with Gasteiger partial charge in [-0.2, -0.15) is 0 Å². The van der Waals surface area contributed by atoms with Crippen molar-refractivity contribution in [2.75, 3.05) is 12.3 Å². The van der Waals surface area contributed by atoms with Crippen LogP contribution in [0.25, 0.3) is 10.8 Å². The van der Waals surface area contributed by atoms with Crippen LogP contribution in [0.3, 0.4) is 0 Å². The van der Waals surface area contributed by atoms with E-state index >= 15 is 0 Å². The summed E-state index contributed by atoms with van der Waals surface area (Å²) >= 11 is 0. The molecule has 0 aromatic heterocycles. The van der Waals surface area contributed by atoms with E-state index in [-0.39, 0.29) is 0 Å². The number of hydrogen-bond acceptors (Lipinski definition) is 0. The maximum Gasteiger partial charge on any atom is 0.110 e. The zero-order valence-electron chi connectivity index (χ0n) is 13.1. The van der Waals surface area contributed by atoms with Crippen molar-refractivity contribution in [3.05, 3.63) is 72.3 Å². The van der Waals surface area contributed by atoms with Crippen LogP contribution in [0.5, 0.6) is 0 Å². The quantitative estimate of drug-likeness (QED) is 0.598. The largest absolute Gasteiger partial charge is 0.110 e. The summed E-state index contributed by atoms with van der Waals surface area (Å²) < 4.78 is 0. The summed E-state index contributed by atoms with van der Waals surface area (Å²) in [5, 5.41) is 6.19. The van der Waals surface area contributed by atoms with Gasteiger partial charge >= 0.3 is 0 Å². The molecule has 0 amide bonds. The van der Waals surface area contributed by atoms with Gasteiger partial charge in [-0.05, 0) is 42.8 Å². The normalized spacial score (nSPS) is 20.8. The maximum atomic E-state index is 2.40. The highest BCUT2D eigenvalue weighted by Crippen LogP contribution is 2.60. The van der Waals surface area contributed by atoms with Gasteiger partial charge in [0.2, 0.25) is 0 Å². The standard InChI is InChI=1S/C21H22P/c1-2-22(19-11-4-3-5-12-19)16-8-10-18-15-14-17-9-6-7-13-20(17)21(18)22/h3-7,9,11-15H,2,8,10,16H2,1H3/q+1. The van der Waals surface area contributed by atoms with Crippen molar-refractivity contribution in [2.24, 2.45) is 0 Å².